The maximum atomic E-state index is 12.2. The van der Waals surface area contributed by atoms with Gasteiger partial charge in [-0.15, -0.1) is 0 Å². The number of methoxy groups -OCH3 is 2. The summed E-state index contributed by atoms with van der Waals surface area (Å²) < 4.78 is 10.7. The lowest BCUT2D eigenvalue weighted by Gasteiger charge is -2.10. The number of hydrogen-bond donors (Lipinski definition) is 1. The predicted molar refractivity (Wildman–Crippen MR) is 86.8 cm³/mol. The van der Waals surface area contributed by atoms with Crippen LogP contribution in [0.25, 0.3) is 22.2 Å². The number of carbonyl (C=O) groups excluding carboxylic acids is 1. The van der Waals surface area contributed by atoms with Crippen LogP contribution >= 0.6 is 0 Å². The van der Waals surface area contributed by atoms with Crippen LogP contribution in [0, 0.1) is 0 Å². The van der Waals surface area contributed by atoms with E-state index < -0.39 is 0 Å². The first-order valence-corrected chi connectivity index (χ1v) is 6.99. The van der Waals surface area contributed by atoms with Gasteiger partial charge in [0.15, 0.2) is 5.78 Å². The number of carbonyl (C=O) groups is 1. The number of aromatic nitrogens is 1. The Kier molecular flexibility index (Phi) is 3.59. The van der Waals surface area contributed by atoms with Gasteiger partial charge in [-0.05, 0) is 31.2 Å². The van der Waals surface area contributed by atoms with Crippen LogP contribution < -0.4 is 9.47 Å². The highest BCUT2D eigenvalue weighted by Crippen LogP contribution is 2.37. The van der Waals surface area contributed by atoms with Crippen molar-refractivity contribution >= 4 is 16.7 Å². The lowest BCUT2D eigenvalue weighted by atomic mass is 10.0. The van der Waals surface area contributed by atoms with Gasteiger partial charge < -0.3 is 14.5 Å². The molecule has 0 saturated heterocycles. The Balaban J connectivity index is 2.34. The van der Waals surface area contributed by atoms with Crippen molar-refractivity contribution in [3.8, 4) is 22.8 Å². The maximum Gasteiger partial charge on any atom is 0.162 e. The standard InChI is InChI=1S/C18H17NO3/c1-11(20)17-13-6-4-5-7-15(13)19-18(17)14-10-12(21-2)8-9-16(14)22-3/h4-10,19H,1-3H3. The topological polar surface area (TPSA) is 51.3 Å². The van der Waals surface area contributed by atoms with Gasteiger partial charge in [-0.2, -0.15) is 0 Å². The van der Waals surface area contributed by atoms with Gasteiger partial charge in [0, 0.05) is 16.5 Å². The fourth-order valence-electron chi connectivity index (χ4n) is 2.72. The van der Waals surface area contributed by atoms with Crippen LogP contribution in [-0.4, -0.2) is 25.0 Å². The molecule has 1 aromatic heterocycles. The summed E-state index contributed by atoms with van der Waals surface area (Å²) in [4.78, 5) is 15.5. The van der Waals surface area contributed by atoms with Gasteiger partial charge in [0.25, 0.3) is 0 Å². The zero-order valence-corrected chi connectivity index (χ0v) is 12.8. The van der Waals surface area contributed by atoms with Crippen LogP contribution in [0.4, 0.5) is 0 Å². The Bertz CT molecular complexity index is 849. The fourth-order valence-corrected chi connectivity index (χ4v) is 2.72. The van der Waals surface area contributed by atoms with Crippen LogP contribution in [0.1, 0.15) is 17.3 Å². The minimum Gasteiger partial charge on any atom is -0.497 e. The summed E-state index contributed by atoms with van der Waals surface area (Å²) in [6.07, 6.45) is 0. The van der Waals surface area contributed by atoms with E-state index in [4.69, 9.17) is 9.47 Å². The molecule has 0 radical (unpaired) electrons. The molecule has 3 rings (SSSR count). The minimum absolute atomic E-state index is 0.0114. The number of rotatable bonds is 4. The molecule has 4 nitrogen and oxygen atoms in total. The molecular weight excluding hydrogens is 278 g/mol. The maximum absolute atomic E-state index is 12.2. The van der Waals surface area contributed by atoms with Gasteiger partial charge in [-0.25, -0.2) is 0 Å². The van der Waals surface area contributed by atoms with Gasteiger partial charge in [0.1, 0.15) is 11.5 Å². The van der Waals surface area contributed by atoms with Crippen molar-refractivity contribution in [2.45, 2.75) is 6.92 Å². The molecule has 112 valence electrons. The van der Waals surface area contributed by atoms with Crippen LogP contribution in [0.15, 0.2) is 42.5 Å². The van der Waals surface area contributed by atoms with E-state index in [-0.39, 0.29) is 5.78 Å². The van der Waals surface area contributed by atoms with Crippen molar-refractivity contribution < 1.29 is 14.3 Å². The van der Waals surface area contributed by atoms with Gasteiger partial charge in [0.2, 0.25) is 0 Å². The highest BCUT2D eigenvalue weighted by Gasteiger charge is 2.19. The Morgan fingerprint density at radius 3 is 2.50 bits per heavy atom. The number of para-hydroxylation sites is 1. The minimum atomic E-state index is 0.0114. The van der Waals surface area contributed by atoms with E-state index in [1.54, 1.807) is 21.1 Å². The summed E-state index contributed by atoms with van der Waals surface area (Å²) in [7, 11) is 3.23. The molecule has 0 aliphatic rings. The molecule has 0 aliphatic carbocycles. The molecule has 0 saturated carbocycles. The number of fused-ring (bicyclic) bond motifs is 1. The number of aromatic amines is 1. The summed E-state index contributed by atoms with van der Waals surface area (Å²) in [5.74, 6) is 1.41. The van der Waals surface area contributed by atoms with E-state index >= 15 is 0 Å². The number of nitrogens with one attached hydrogen (secondary N) is 1. The molecule has 2 aromatic carbocycles. The molecule has 4 heteroatoms. The molecule has 0 aliphatic heterocycles. The average molecular weight is 295 g/mol. The van der Waals surface area contributed by atoms with E-state index in [0.717, 1.165) is 22.2 Å². The quantitative estimate of drug-likeness (QED) is 0.739. The molecule has 1 heterocycles. The summed E-state index contributed by atoms with van der Waals surface area (Å²) in [5.41, 5.74) is 3.16. The van der Waals surface area contributed by atoms with Crippen molar-refractivity contribution in [3.05, 3.63) is 48.0 Å². The zero-order valence-electron chi connectivity index (χ0n) is 12.8. The number of H-pyrrole nitrogens is 1. The zero-order chi connectivity index (χ0) is 15.7. The molecule has 0 unspecified atom stereocenters. The molecule has 0 spiro atoms. The second-order valence-electron chi connectivity index (χ2n) is 5.04. The van der Waals surface area contributed by atoms with Crippen molar-refractivity contribution in [3.63, 3.8) is 0 Å². The van der Waals surface area contributed by atoms with Crippen molar-refractivity contribution in [1.29, 1.82) is 0 Å². The lowest BCUT2D eigenvalue weighted by Crippen LogP contribution is -1.96. The molecule has 0 atom stereocenters. The normalized spacial score (nSPS) is 10.7. The highest BCUT2D eigenvalue weighted by molar-refractivity contribution is 6.12. The molecule has 0 bridgehead atoms. The monoisotopic (exact) mass is 295 g/mol. The summed E-state index contributed by atoms with van der Waals surface area (Å²) >= 11 is 0. The smallest absolute Gasteiger partial charge is 0.162 e. The van der Waals surface area contributed by atoms with E-state index in [2.05, 4.69) is 4.98 Å². The second kappa shape index (κ2) is 5.56. The number of Topliss-reactive ketones (excluding diaryl/α,β-unsaturated/α-hetero) is 1. The van der Waals surface area contributed by atoms with Gasteiger partial charge in [-0.1, -0.05) is 18.2 Å². The Labute approximate surface area is 128 Å². The second-order valence-corrected chi connectivity index (χ2v) is 5.04. The number of ether oxygens (including phenoxy) is 2. The largest absolute Gasteiger partial charge is 0.497 e. The number of ketones is 1. The van der Waals surface area contributed by atoms with E-state index in [1.165, 1.54) is 0 Å². The van der Waals surface area contributed by atoms with E-state index in [0.29, 0.717) is 17.1 Å². The summed E-state index contributed by atoms with van der Waals surface area (Å²) in [6, 6.07) is 13.3. The van der Waals surface area contributed by atoms with Crippen molar-refractivity contribution in [2.75, 3.05) is 14.2 Å². The SMILES string of the molecule is COc1ccc(OC)c(-c2[nH]c3ccccc3c2C(C)=O)c1. The highest BCUT2D eigenvalue weighted by atomic mass is 16.5. The van der Waals surface area contributed by atoms with Gasteiger partial charge in [-0.3, -0.25) is 4.79 Å². The first-order valence-electron chi connectivity index (χ1n) is 6.99. The summed E-state index contributed by atoms with van der Waals surface area (Å²) in [6.45, 7) is 1.58. The molecule has 22 heavy (non-hydrogen) atoms. The van der Waals surface area contributed by atoms with Gasteiger partial charge in [0.05, 0.1) is 25.5 Å². The molecular formula is C18H17NO3. The fraction of sp³-hybridized carbons (Fsp3) is 0.167. The first-order chi connectivity index (χ1) is 10.7. The predicted octanol–water partition coefficient (Wildman–Crippen LogP) is 4.05. The van der Waals surface area contributed by atoms with Crippen molar-refractivity contribution in [2.24, 2.45) is 0 Å². The molecule has 0 fully saturated rings. The number of benzene rings is 2. The Morgan fingerprint density at radius 1 is 1.05 bits per heavy atom. The third-order valence-corrected chi connectivity index (χ3v) is 3.73. The van der Waals surface area contributed by atoms with Crippen LogP contribution in [0.2, 0.25) is 0 Å². The van der Waals surface area contributed by atoms with Crippen LogP contribution in [-0.2, 0) is 0 Å². The Hall–Kier alpha value is -2.75. The van der Waals surface area contributed by atoms with E-state index in [1.807, 2.05) is 42.5 Å². The van der Waals surface area contributed by atoms with Crippen molar-refractivity contribution in [1.82, 2.24) is 4.98 Å². The van der Waals surface area contributed by atoms with E-state index in [9.17, 15) is 4.79 Å². The third kappa shape index (κ3) is 2.22. The molecule has 0 amide bonds. The first kappa shape index (κ1) is 14.2. The molecule has 1 N–H and O–H groups in total. The lowest BCUT2D eigenvalue weighted by molar-refractivity contribution is 0.102. The van der Waals surface area contributed by atoms with Crippen LogP contribution in [0.3, 0.4) is 0 Å². The number of hydrogen-bond acceptors (Lipinski definition) is 3. The summed E-state index contributed by atoms with van der Waals surface area (Å²) in [5, 5.41) is 0.912. The Morgan fingerprint density at radius 2 is 1.82 bits per heavy atom. The molecule has 3 aromatic rings. The van der Waals surface area contributed by atoms with Gasteiger partial charge >= 0.3 is 0 Å². The average Bonchev–Trinajstić information content (AvgIpc) is 2.93. The third-order valence-electron chi connectivity index (χ3n) is 3.73. The van der Waals surface area contributed by atoms with Crippen LogP contribution in [0.5, 0.6) is 11.5 Å².